The van der Waals surface area contributed by atoms with Gasteiger partial charge >= 0.3 is 5.97 Å². The van der Waals surface area contributed by atoms with Crippen LogP contribution in [0.15, 0.2) is 29.6 Å². The Morgan fingerprint density at radius 1 is 1.33 bits per heavy atom. The molecule has 1 aromatic heterocycles. The van der Waals surface area contributed by atoms with Gasteiger partial charge in [-0.3, -0.25) is 4.79 Å². The minimum atomic E-state index is -1.01. The number of nitrogens with zero attached hydrogens (tertiary/aromatic N) is 3. The van der Waals surface area contributed by atoms with Crippen LogP contribution in [0.5, 0.6) is 0 Å². The highest BCUT2D eigenvalue weighted by molar-refractivity contribution is 7.09. The molecule has 2 aromatic rings. The van der Waals surface area contributed by atoms with E-state index in [1.165, 1.54) is 11.3 Å². The van der Waals surface area contributed by atoms with E-state index < -0.39 is 24.3 Å². The molecule has 0 fully saturated rings. The van der Waals surface area contributed by atoms with Crippen molar-refractivity contribution in [2.24, 2.45) is 0 Å². The average molecular weight is 343 g/mol. The Balaban J connectivity index is 1.97. The molecule has 6 nitrogen and oxygen atoms in total. The number of carbonyl (C=O) groups is 2. The summed E-state index contributed by atoms with van der Waals surface area (Å²) in [4.78, 5) is 30.2. The van der Waals surface area contributed by atoms with Gasteiger partial charge in [0.05, 0.1) is 11.6 Å². The number of esters is 1. The number of ether oxygens (including phenoxy) is 1. The number of ketones is 1. The van der Waals surface area contributed by atoms with E-state index in [-0.39, 0.29) is 0 Å². The predicted molar refractivity (Wildman–Crippen MR) is 91.3 cm³/mol. The van der Waals surface area contributed by atoms with E-state index in [0.29, 0.717) is 10.6 Å². The Morgan fingerprint density at radius 3 is 2.50 bits per heavy atom. The fraction of sp³-hybridized carbons (Fsp3) is 0.294. The summed E-state index contributed by atoms with van der Waals surface area (Å²) >= 11 is 1.25. The maximum Gasteiger partial charge on any atom is 0.338 e. The third kappa shape index (κ3) is 4.18. The minimum absolute atomic E-state index is 0.354. The Hall–Kier alpha value is -2.72. The number of hydrogen-bond acceptors (Lipinski definition) is 7. The molecule has 124 valence electrons. The summed E-state index contributed by atoms with van der Waals surface area (Å²) in [6.45, 7) is 1.33. The van der Waals surface area contributed by atoms with E-state index in [4.69, 9.17) is 4.74 Å². The molecule has 7 heteroatoms. The van der Waals surface area contributed by atoms with E-state index in [9.17, 15) is 14.9 Å². The van der Waals surface area contributed by atoms with Crippen LogP contribution >= 0.6 is 11.3 Å². The first-order valence-corrected chi connectivity index (χ1v) is 8.09. The Morgan fingerprint density at radius 2 is 2.00 bits per heavy atom. The highest BCUT2D eigenvalue weighted by Gasteiger charge is 2.24. The highest BCUT2D eigenvalue weighted by Crippen LogP contribution is 2.21. The lowest BCUT2D eigenvalue weighted by Gasteiger charge is -2.12. The van der Waals surface area contributed by atoms with Crippen LogP contribution < -0.4 is 4.90 Å². The number of carbonyl (C=O) groups excluding carboxylic acids is 2. The molecule has 2 rings (SSSR count). The zero-order chi connectivity index (χ0) is 17.7. The predicted octanol–water partition coefficient (Wildman–Crippen LogP) is 2.55. The standard InChI is InChI=1S/C17H17N3O3S/c1-11-10-24-16(19-11)14(8-18)15(21)9-23-17(22)12-4-6-13(7-5-12)20(2)3/h4-7,10,14H,9H2,1-3H3/t14-/m0/s1. The van der Waals surface area contributed by atoms with Crippen molar-refractivity contribution in [3.63, 3.8) is 0 Å². The highest BCUT2D eigenvalue weighted by atomic mass is 32.1. The summed E-state index contributed by atoms with van der Waals surface area (Å²) in [5.74, 6) is -2.08. The van der Waals surface area contributed by atoms with Crippen molar-refractivity contribution in [3.8, 4) is 6.07 Å². The van der Waals surface area contributed by atoms with Crippen LogP contribution in [0, 0.1) is 18.3 Å². The SMILES string of the molecule is Cc1csc([C@@H](C#N)C(=O)COC(=O)c2ccc(N(C)C)cc2)n1. The van der Waals surface area contributed by atoms with Gasteiger partial charge in [0, 0.05) is 30.9 Å². The summed E-state index contributed by atoms with van der Waals surface area (Å²) < 4.78 is 5.02. The molecule has 0 N–H and O–H groups in total. The molecule has 24 heavy (non-hydrogen) atoms. The molecule has 0 aliphatic rings. The van der Waals surface area contributed by atoms with Gasteiger partial charge in [0.25, 0.3) is 0 Å². The van der Waals surface area contributed by atoms with Crippen molar-refractivity contribution in [1.29, 1.82) is 5.26 Å². The number of nitriles is 1. The molecule has 0 bridgehead atoms. The van der Waals surface area contributed by atoms with E-state index in [1.807, 2.05) is 25.1 Å². The zero-order valence-electron chi connectivity index (χ0n) is 13.6. The van der Waals surface area contributed by atoms with Gasteiger partial charge in [-0.05, 0) is 31.2 Å². The first kappa shape index (κ1) is 17.6. The maximum absolute atomic E-state index is 12.1. The second kappa shape index (κ2) is 7.70. The Bertz CT molecular complexity index is 775. The lowest BCUT2D eigenvalue weighted by Crippen LogP contribution is -2.20. The van der Waals surface area contributed by atoms with Gasteiger partial charge < -0.3 is 9.64 Å². The van der Waals surface area contributed by atoms with Crippen molar-refractivity contribution in [1.82, 2.24) is 4.98 Å². The minimum Gasteiger partial charge on any atom is -0.454 e. The van der Waals surface area contributed by atoms with Gasteiger partial charge in [0.2, 0.25) is 0 Å². The van der Waals surface area contributed by atoms with E-state index in [0.717, 1.165) is 11.4 Å². The number of hydrogen-bond donors (Lipinski definition) is 0. The molecule has 1 heterocycles. The number of aromatic nitrogens is 1. The van der Waals surface area contributed by atoms with Crippen LogP contribution in [-0.2, 0) is 9.53 Å². The molecular formula is C17H17N3O3S. The normalized spacial score (nSPS) is 11.4. The first-order chi connectivity index (χ1) is 11.4. The van der Waals surface area contributed by atoms with Gasteiger partial charge in [-0.15, -0.1) is 11.3 Å². The second-order valence-electron chi connectivity index (χ2n) is 5.37. The van der Waals surface area contributed by atoms with Crippen molar-refractivity contribution >= 4 is 28.8 Å². The van der Waals surface area contributed by atoms with Gasteiger partial charge in [-0.1, -0.05) is 0 Å². The topological polar surface area (TPSA) is 83.3 Å². The van der Waals surface area contributed by atoms with Crippen LogP contribution in [0.1, 0.15) is 27.0 Å². The first-order valence-electron chi connectivity index (χ1n) is 7.21. The van der Waals surface area contributed by atoms with Gasteiger partial charge in [-0.25, -0.2) is 9.78 Å². The fourth-order valence-electron chi connectivity index (χ4n) is 1.97. The number of anilines is 1. The van der Waals surface area contributed by atoms with Crippen LogP contribution in [0.2, 0.25) is 0 Å². The number of aryl methyl sites for hydroxylation is 1. The lowest BCUT2D eigenvalue weighted by molar-refractivity contribution is -0.122. The summed E-state index contributed by atoms with van der Waals surface area (Å²) in [6.07, 6.45) is 0. The molecule has 0 unspecified atom stereocenters. The van der Waals surface area contributed by atoms with Crippen molar-refractivity contribution in [2.75, 3.05) is 25.6 Å². The molecule has 0 amide bonds. The number of Topliss-reactive ketones (excluding diaryl/α,β-unsaturated/α-hetero) is 1. The smallest absolute Gasteiger partial charge is 0.338 e. The van der Waals surface area contributed by atoms with E-state index >= 15 is 0 Å². The molecule has 1 atom stereocenters. The Labute approximate surface area is 144 Å². The summed E-state index contributed by atoms with van der Waals surface area (Å²) in [5, 5.41) is 11.4. The van der Waals surface area contributed by atoms with Crippen molar-refractivity contribution in [2.45, 2.75) is 12.8 Å². The molecule has 0 spiro atoms. The van der Waals surface area contributed by atoms with Crippen LogP contribution in [0.25, 0.3) is 0 Å². The molecule has 0 saturated carbocycles. The van der Waals surface area contributed by atoms with Crippen molar-refractivity contribution in [3.05, 3.63) is 45.9 Å². The molecule has 0 aliphatic heterocycles. The maximum atomic E-state index is 12.1. The average Bonchev–Trinajstić information content (AvgIpc) is 2.99. The molecule has 0 radical (unpaired) electrons. The largest absolute Gasteiger partial charge is 0.454 e. The van der Waals surface area contributed by atoms with Crippen LogP contribution in [0.4, 0.5) is 5.69 Å². The number of rotatable bonds is 6. The quantitative estimate of drug-likeness (QED) is 0.750. The van der Waals surface area contributed by atoms with Gasteiger partial charge in [-0.2, -0.15) is 5.26 Å². The molecule has 0 saturated heterocycles. The van der Waals surface area contributed by atoms with Gasteiger partial charge in [0.15, 0.2) is 18.3 Å². The number of thiazole rings is 1. The molecule has 1 aromatic carbocycles. The lowest BCUT2D eigenvalue weighted by atomic mass is 10.1. The summed E-state index contributed by atoms with van der Waals surface area (Å²) in [6, 6.07) is 8.76. The molecule has 0 aliphatic carbocycles. The summed E-state index contributed by atoms with van der Waals surface area (Å²) in [7, 11) is 3.79. The van der Waals surface area contributed by atoms with E-state index in [2.05, 4.69) is 4.98 Å². The monoisotopic (exact) mass is 343 g/mol. The van der Waals surface area contributed by atoms with Gasteiger partial charge in [0.1, 0.15) is 5.01 Å². The summed E-state index contributed by atoms with van der Waals surface area (Å²) in [5.41, 5.74) is 2.05. The Kier molecular flexibility index (Phi) is 5.66. The third-order valence-corrected chi connectivity index (χ3v) is 4.33. The zero-order valence-corrected chi connectivity index (χ0v) is 14.5. The van der Waals surface area contributed by atoms with E-state index in [1.54, 1.807) is 36.6 Å². The number of benzene rings is 1. The second-order valence-corrected chi connectivity index (χ2v) is 6.26. The third-order valence-electron chi connectivity index (χ3n) is 3.30. The van der Waals surface area contributed by atoms with Crippen LogP contribution in [-0.4, -0.2) is 37.4 Å². The van der Waals surface area contributed by atoms with Crippen LogP contribution in [0.3, 0.4) is 0 Å². The molecular weight excluding hydrogens is 326 g/mol. The fourth-order valence-corrected chi connectivity index (χ4v) is 2.83. The van der Waals surface area contributed by atoms with Crippen molar-refractivity contribution < 1.29 is 14.3 Å².